The first-order chi connectivity index (χ1) is 8.11. The van der Waals surface area contributed by atoms with E-state index in [1.54, 1.807) is 18.7 Å². The average molecular weight is 238 g/mol. The van der Waals surface area contributed by atoms with Crippen molar-refractivity contribution in [3.63, 3.8) is 0 Å². The summed E-state index contributed by atoms with van der Waals surface area (Å²) in [6, 6.07) is 1.67. The molecule has 0 spiro atoms. The van der Waals surface area contributed by atoms with Gasteiger partial charge in [-0.05, 0) is 6.42 Å². The molecular formula is C11H18N4O2. The summed E-state index contributed by atoms with van der Waals surface area (Å²) >= 11 is 0. The molecule has 17 heavy (non-hydrogen) atoms. The molecule has 6 nitrogen and oxygen atoms in total. The van der Waals surface area contributed by atoms with Crippen LogP contribution in [0.4, 0.5) is 5.95 Å². The molecule has 94 valence electrons. The van der Waals surface area contributed by atoms with Crippen molar-refractivity contribution in [2.45, 2.75) is 19.1 Å². The Morgan fingerprint density at radius 2 is 2.41 bits per heavy atom. The van der Waals surface area contributed by atoms with E-state index in [0.29, 0.717) is 18.2 Å². The second kappa shape index (κ2) is 4.85. The number of anilines is 1. The minimum absolute atomic E-state index is 0.0671. The Kier molecular flexibility index (Phi) is 3.44. The summed E-state index contributed by atoms with van der Waals surface area (Å²) in [5.74, 6) is 0.678. The first-order valence-electron chi connectivity index (χ1n) is 5.68. The molecule has 0 saturated carbocycles. The van der Waals surface area contributed by atoms with Crippen LogP contribution in [0.1, 0.15) is 12.1 Å². The first-order valence-corrected chi connectivity index (χ1v) is 5.68. The van der Waals surface area contributed by atoms with Gasteiger partial charge in [0.15, 0.2) is 0 Å². The molecule has 0 aliphatic carbocycles. The van der Waals surface area contributed by atoms with Crippen molar-refractivity contribution in [2.24, 2.45) is 12.8 Å². The summed E-state index contributed by atoms with van der Waals surface area (Å²) in [5, 5.41) is 0. The van der Waals surface area contributed by atoms with Crippen molar-refractivity contribution in [3.8, 4) is 0 Å². The molecule has 2 rings (SSSR count). The van der Waals surface area contributed by atoms with Gasteiger partial charge in [-0.15, -0.1) is 0 Å². The number of ether oxygens (including phenoxy) is 1. The van der Waals surface area contributed by atoms with Crippen LogP contribution >= 0.6 is 0 Å². The van der Waals surface area contributed by atoms with Gasteiger partial charge in [-0.2, -0.15) is 0 Å². The van der Waals surface area contributed by atoms with Gasteiger partial charge in [-0.1, -0.05) is 0 Å². The monoisotopic (exact) mass is 238 g/mol. The van der Waals surface area contributed by atoms with Crippen LogP contribution in [-0.2, 0) is 18.4 Å². The van der Waals surface area contributed by atoms with E-state index >= 15 is 0 Å². The molecule has 6 heteroatoms. The minimum atomic E-state index is -0.0671. The molecule has 1 fully saturated rings. The molecule has 2 N–H and O–H groups in total. The summed E-state index contributed by atoms with van der Waals surface area (Å²) < 4.78 is 6.56. The molecule has 0 amide bonds. The van der Waals surface area contributed by atoms with E-state index < -0.39 is 0 Å². The largest absolute Gasteiger partial charge is 0.378 e. The number of aromatic nitrogens is 2. The van der Waals surface area contributed by atoms with Gasteiger partial charge >= 0.3 is 0 Å². The molecule has 0 radical (unpaired) electrons. The van der Waals surface area contributed by atoms with E-state index in [-0.39, 0.29) is 11.6 Å². The highest BCUT2D eigenvalue weighted by Gasteiger charge is 2.22. The lowest BCUT2D eigenvalue weighted by atomic mass is 10.3. The topological polar surface area (TPSA) is 73.4 Å². The highest BCUT2D eigenvalue weighted by molar-refractivity contribution is 5.34. The lowest BCUT2D eigenvalue weighted by Crippen LogP contribution is -2.32. The van der Waals surface area contributed by atoms with Crippen LogP contribution in [-0.4, -0.2) is 35.8 Å². The van der Waals surface area contributed by atoms with E-state index in [4.69, 9.17) is 10.5 Å². The van der Waals surface area contributed by atoms with Crippen LogP contribution in [0.15, 0.2) is 10.9 Å². The molecule has 1 aromatic rings. The summed E-state index contributed by atoms with van der Waals surface area (Å²) in [6.07, 6.45) is 0.935. The van der Waals surface area contributed by atoms with Crippen LogP contribution < -0.4 is 16.2 Å². The number of nitrogens with zero attached hydrogens (tertiary/aromatic N) is 3. The SMILES string of the molecule is COCc1cc(=O)n(C)c(N2CCC(N)C2)n1. The van der Waals surface area contributed by atoms with Gasteiger partial charge in [-0.3, -0.25) is 9.36 Å². The third-order valence-electron chi connectivity index (χ3n) is 2.96. The van der Waals surface area contributed by atoms with Gasteiger partial charge in [-0.25, -0.2) is 4.98 Å². The highest BCUT2D eigenvalue weighted by atomic mass is 16.5. The predicted octanol–water partition coefficient (Wildman–Crippen LogP) is -0.536. The van der Waals surface area contributed by atoms with Gasteiger partial charge in [0, 0.05) is 39.4 Å². The number of nitrogens with two attached hydrogens (primary N) is 1. The van der Waals surface area contributed by atoms with Crippen molar-refractivity contribution in [3.05, 3.63) is 22.1 Å². The lowest BCUT2D eigenvalue weighted by molar-refractivity contribution is 0.181. The van der Waals surface area contributed by atoms with Gasteiger partial charge in [0.05, 0.1) is 12.3 Å². The fourth-order valence-electron chi connectivity index (χ4n) is 2.05. The fraction of sp³-hybridized carbons (Fsp3) is 0.636. The molecular weight excluding hydrogens is 220 g/mol. The Hall–Kier alpha value is -1.40. The van der Waals surface area contributed by atoms with Crippen molar-refractivity contribution < 1.29 is 4.74 Å². The van der Waals surface area contributed by atoms with E-state index in [1.165, 1.54) is 6.07 Å². The second-order valence-corrected chi connectivity index (χ2v) is 4.37. The minimum Gasteiger partial charge on any atom is -0.378 e. The smallest absolute Gasteiger partial charge is 0.254 e. The van der Waals surface area contributed by atoms with E-state index in [1.807, 2.05) is 4.90 Å². The zero-order chi connectivity index (χ0) is 12.4. The zero-order valence-corrected chi connectivity index (χ0v) is 10.2. The van der Waals surface area contributed by atoms with Crippen LogP contribution in [0.2, 0.25) is 0 Å². The zero-order valence-electron chi connectivity index (χ0n) is 10.2. The van der Waals surface area contributed by atoms with E-state index in [9.17, 15) is 4.79 Å². The molecule has 1 unspecified atom stereocenters. The molecule has 1 atom stereocenters. The third-order valence-corrected chi connectivity index (χ3v) is 2.96. The van der Waals surface area contributed by atoms with Crippen molar-refractivity contribution in [1.29, 1.82) is 0 Å². The number of hydrogen-bond donors (Lipinski definition) is 1. The fourth-order valence-corrected chi connectivity index (χ4v) is 2.05. The van der Waals surface area contributed by atoms with Crippen LogP contribution in [0, 0.1) is 0 Å². The van der Waals surface area contributed by atoms with Gasteiger partial charge in [0.1, 0.15) is 0 Å². The van der Waals surface area contributed by atoms with Crippen molar-refractivity contribution >= 4 is 5.95 Å². The Balaban J connectivity index is 2.35. The molecule has 1 aliphatic rings. The number of rotatable bonds is 3. The Morgan fingerprint density at radius 1 is 1.65 bits per heavy atom. The summed E-state index contributed by atoms with van der Waals surface area (Å²) in [6.45, 7) is 1.94. The first kappa shape index (κ1) is 12.1. The van der Waals surface area contributed by atoms with Gasteiger partial charge < -0.3 is 15.4 Å². The molecule has 0 bridgehead atoms. The Bertz CT molecular complexity index is 457. The van der Waals surface area contributed by atoms with Gasteiger partial charge in [0.25, 0.3) is 5.56 Å². The second-order valence-electron chi connectivity index (χ2n) is 4.37. The standard InChI is InChI=1S/C11H18N4O2/c1-14-10(16)5-9(7-17-2)13-11(14)15-4-3-8(12)6-15/h5,8H,3-4,6-7,12H2,1-2H3. The van der Waals surface area contributed by atoms with E-state index in [2.05, 4.69) is 4.98 Å². The highest BCUT2D eigenvalue weighted by Crippen LogP contribution is 2.15. The maximum Gasteiger partial charge on any atom is 0.254 e. The van der Waals surface area contributed by atoms with E-state index in [0.717, 1.165) is 19.5 Å². The van der Waals surface area contributed by atoms with Crippen molar-refractivity contribution in [2.75, 3.05) is 25.1 Å². The Morgan fingerprint density at radius 3 is 3.00 bits per heavy atom. The summed E-state index contributed by atoms with van der Waals surface area (Å²) in [7, 11) is 3.32. The maximum absolute atomic E-state index is 11.8. The normalized spacial score (nSPS) is 19.9. The summed E-state index contributed by atoms with van der Waals surface area (Å²) in [4.78, 5) is 18.3. The van der Waals surface area contributed by atoms with Gasteiger partial charge in [0.2, 0.25) is 5.95 Å². The predicted molar refractivity (Wildman–Crippen MR) is 65.0 cm³/mol. The third kappa shape index (κ3) is 2.48. The quantitative estimate of drug-likeness (QED) is 0.766. The molecule has 1 aromatic heterocycles. The van der Waals surface area contributed by atoms with Crippen LogP contribution in [0.25, 0.3) is 0 Å². The Labute approximate surface area is 100 Å². The summed E-state index contributed by atoms with van der Waals surface area (Å²) in [5.41, 5.74) is 6.46. The molecule has 1 saturated heterocycles. The van der Waals surface area contributed by atoms with Crippen LogP contribution in [0.5, 0.6) is 0 Å². The lowest BCUT2D eigenvalue weighted by Gasteiger charge is -2.20. The number of hydrogen-bond acceptors (Lipinski definition) is 5. The molecule has 0 aromatic carbocycles. The molecule has 2 heterocycles. The molecule has 1 aliphatic heterocycles. The van der Waals surface area contributed by atoms with Crippen molar-refractivity contribution in [1.82, 2.24) is 9.55 Å². The van der Waals surface area contributed by atoms with Crippen LogP contribution in [0.3, 0.4) is 0 Å². The average Bonchev–Trinajstić information content (AvgIpc) is 2.70. The number of methoxy groups -OCH3 is 1. The maximum atomic E-state index is 11.8.